The van der Waals surface area contributed by atoms with Crippen molar-refractivity contribution < 1.29 is 14.0 Å². The molecule has 1 aromatic heterocycles. The Hall–Kier alpha value is -1.97. The van der Waals surface area contributed by atoms with Crippen LogP contribution < -0.4 is 20.1 Å². The lowest BCUT2D eigenvalue weighted by Gasteiger charge is -2.12. The fraction of sp³-hybridized carbons (Fsp3) is 0.545. The van der Waals surface area contributed by atoms with Gasteiger partial charge in [-0.25, -0.2) is 4.99 Å². The zero-order valence-corrected chi connectivity index (χ0v) is 21.0. The molecule has 0 amide bonds. The van der Waals surface area contributed by atoms with Crippen LogP contribution in [0.5, 0.6) is 11.5 Å². The Bertz CT molecular complexity index is 771. The van der Waals surface area contributed by atoms with Crippen LogP contribution in [-0.4, -0.2) is 38.4 Å². The first-order valence-electron chi connectivity index (χ1n) is 10.4. The Morgan fingerprint density at radius 2 is 1.83 bits per heavy atom. The van der Waals surface area contributed by atoms with Gasteiger partial charge in [-0.1, -0.05) is 25.1 Å². The maximum Gasteiger partial charge on any atom is 0.191 e. The lowest BCUT2D eigenvalue weighted by Crippen LogP contribution is -2.37. The van der Waals surface area contributed by atoms with Crippen molar-refractivity contribution in [2.24, 2.45) is 4.99 Å². The van der Waals surface area contributed by atoms with Gasteiger partial charge in [0, 0.05) is 25.1 Å². The molecule has 0 unspecified atom stereocenters. The number of nitrogens with zero attached hydrogens (tertiary/aromatic N) is 2. The molecule has 0 radical (unpaired) electrons. The summed E-state index contributed by atoms with van der Waals surface area (Å²) in [6.45, 7) is 8.43. The largest absolute Gasteiger partial charge is 0.493 e. The van der Waals surface area contributed by atoms with E-state index in [0.29, 0.717) is 6.54 Å². The van der Waals surface area contributed by atoms with Crippen LogP contribution in [0.15, 0.2) is 27.7 Å². The van der Waals surface area contributed by atoms with E-state index in [9.17, 15) is 0 Å². The quantitative estimate of drug-likeness (QED) is 0.197. The number of guanidine groups is 1. The Labute approximate surface area is 197 Å². The fourth-order valence-corrected chi connectivity index (χ4v) is 3.15. The molecule has 2 N–H and O–H groups in total. The van der Waals surface area contributed by atoms with Crippen LogP contribution >= 0.6 is 24.0 Å². The molecule has 0 saturated heterocycles. The van der Waals surface area contributed by atoms with Gasteiger partial charge in [-0.05, 0) is 43.9 Å². The standard InChI is InChI=1S/C22H34N4O3.HI/c1-6-18-17(19(7-2)29-26-18)15-25-22(23-8-3)24-13-9-10-16-11-12-20(27-4)21(14-16)28-5;/h11-12,14H,6-10,13,15H2,1-5H3,(H2,23,24,25);1H. The van der Waals surface area contributed by atoms with E-state index >= 15 is 0 Å². The third-order valence-corrected chi connectivity index (χ3v) is 4.73. The van der Waals surface area contributed by atoms with Crippen LogP contribution in [0, 0.1) is 0 Å². The number of hydrogen-bond donors (Lipinski definition) is 2. The van der Waals surface area contributed by atoms with Crippen LogP contribution in [-0.2, 0) is 25.8 Å². The maximum absolute atomic E-state index is 5.43. The number of benzene rings is 1. The Balaban J connectivity index is 0.00000450. The van der Waals surface area contributed by atoms with E-state index in [4.69, 9.17) is 19.0 Å². The highest BCUT2D eigenvalue weighted by Crippen LogP contribution is 2.27. The predicted molar refractivity (Wildman–Crippen MR) is 131 cm³/mol. The van der Waals surface area contributed by atoms with Crippen LogP contribution in [0.4, 0.5) is 0 Å². The molecule has 0 saturated carbocycles. The first-order valence-corrected chi connectivity index (χ1v) is 10.4. The van der Waals surface area contributed by atoms with Crippen molar-refractivity contribution in [1.82, 2.24) is 15.8 Å². The Morgan fingerprint density at radius 1 is 1.07 bits per heavy atom. The molecular weight excluding hydrogens is 495 g/mol. The first-order chi connectivity index (χ1) is 14.2. The van der Waals surface area contributed by atoms with E-state index < -0.39 is 0 Å². The van der Waals surface area contributed by atoms with E-state index in [1.807, 2.05) is 12.1 Å². The lowest BCUT2D eigenvalue weighted by atomic mass is 10.1. The van der Waals surface area contributed by atoms with Gasteiger partial charge in [0.1, 0.15) is 5.76 Å². The maximum atomic E-state index is 5.43. The molecule has 1 heterocycles. The SMILES string of the molecule is CCNC(=NCc1c(CC)noc1CC)NCCCc1ccc(OC)c(OC)c1.I. The van der Waals surface area contributed by atoms with Crippen molar-refractivity contribution in [2.45, 2.75) is 53.0 Å². The van der Waals surface area contributed by atoms with Gasteiger partial charge < -0.3 is 24.6 Å². The zero-order chi connectivity index (χ0) is 21.1. The van der Waals surface area contributed by atoms with Gasteiger partial charge in [0.2, 0.25) is 0 Å². The highest BCUT2D eigenvalue weighted by molar-refractivity contribution is 14.0. The second-order valence-electron chi connectivity index (χ2n) is 6.65. The number of aryl methyl sites for hydroxylation is 3. The summed E-state index contributed by atoms with van der Waals surface area (Å²) in [4.78, 5) is 4.73. The number of aromatic nitrogens is 1. The first kappa shape index (κ1) is 26.1. The van der Waals surface area contributed by atoms with Crippen molar-refractivity contribution in [1.29, 1.82) is 0 Å². The smallest absolute Gasteiger partial charge is 0.191 e. The van der Waals surface area contributed by atoms with E-state index in [2.05, 4.69) is 42.6 Å². The van der Waals surface area contributed by atoms with E-state index in [1.165, 1.54) is 5.56 Å². The number of halogens is 1. The minimum absolute atomic E-state index is 0. The molecule has 2 rings (SSSR count). The van der Waals surface area contributed by atoms with E-state index in [1.54, 1.807) is 14.2 Å². The third-order valence-electron chi connectivity index (χ3n) is 4.73. The Morgan fingerprint density at radius 3 is 2.47 bits per heavy atom. The topological polar surface area (TPSA) is 80.9 Å². The summed E-state index contributed by atoms with van der Waals surface area (Å²) in [7, 11) is 3.31. The van der Waals surface area contributed by atoms with Gasteiger partial charge >= 0.3 is 0 Å². The van der Waals surface area contributed by atoms with E-state index in [-0.39, 0.29) is 24.0 Å². The van der Waals surface area contributed by atoms with Crippen molar-refractivity contribution in [3.8, 4) is 11.5 Å². The molecule has 0 fully saturated rings. The molecule has 1 aromatic carbocycles. The van der Waals surface area contributed by atoms with Crippen LogP contribution in [0.1, 0.15) is 49.8 Å². The van der Waals surface area contributed by atoms with Crippen molar-refractivity contribution in [3.05, 3.63) is 40.8 Å². The molecule has 2 aromatic rings. The Kier molecular flexibility index (Phi) is 12.3. The third kappa shape index (κ3) is 7.37. The molecule has 8 heteroatoms. The zero-order valence-electron chi connectivity index (χ0n) is 18.7. The van der Waals surface area contributed by atoms with Gasteiger partial charge in [-0.15, -0.1) is 24.0 Å². The molecule has 0 bridgehead atoms. The molecule has 0 aliphatic rings. The van der Waals surface area contributed by atoms with Gasteiger partial charge in [0.15, 0.2) is 17.5 Å². The van der Waals surface area contributed by atoms with Crippen molar-refractivity contribution in [3.63, 3.8) is 0 Å². The van der Waals surface area contributed by atoms with Gasteiger partial charge in [0.05, 0.1) is 26.5 Å². The minimum Gasteiger partial charge on any atom is -0.493 e. The number of hydrogen-bond acceptors (Lipinski definition) is 5. The fourth-order valence-electron chi connectivity index (χ4n) is 3.15. The molecule has 0 aliphatic heterocycles. The predicted octanol–water partition coefficient (Wildman–Crippen LogP) is 4.12. The highest BCUT2D eigenvalue weighted by atomic mass is 127. The molecule has 0 aliphatic carbocycles. The highest BCUT2D eigenvalue weighted by Gasteiger charge is 2.13. The lowest BCUT2D eigenvalue weighted by molar-refractivity contribution is 0.354. The minimum atomic E-state index is 0. The van der Waals surface area contributed by atoms with Crippen LogP contribution in [0.3, 0.4) is 0 Å². The van der Waals surface area contributed by atoms with Crippen LogP contribution in [0.25, 0.3) is 0 Å². The average Bonchev–Trinajstić information content (AvgIpc) is 3.16. The summed E-state index contributed by atoms with van der Waals surface area (Å²) in [6, 6.07) is 6.05. The van der Waals surface area contributed by atoms with E-state index in [0.717, 1.165) is 73.2 Å². The van der Waals surface area contributed by atoms with Gasteiger partial charge in [-0.2, -0.15) is 0 Å². The number of nitrogens with one attached hydrogen (secondary N) is 2. The molecule has 0 atom stereocenters. The number of methoxy groups -OCH3 is 2. The summed E-state index contributed by atoms with van der Waals surface area (Å²) < 4.78 is 16.1. The second kappa shape index (κ2) is 14.1. The normalized spacial score (nSPS) is 11.0. The van der Waals surface area contributed by atoms with Crippen molar-refractivity contribution in [2.75, 3.05) is 27.3 Å². The molecular formula is C22H35IN4O3. The van der Waals surface area contributed by atoms with Crippen LogP contribution in [0.2, 0.25) is 0 Å². The van der Waals surface area contributed by atoms with Gasteiger partial charge in [-0.3, -0.25) is 0 Å². The number of ether oxygens (including phenoxy) is 2. The molecule has 168 valence electrons. The van der Waals surface area contributed by atoms with Crippen molar-refractivity contribution >= 4 is 29.9 Å². The van der Waals surface area contributed by atoms with Gasteiger partial charge in [0.25, 0.3) is 0 Å². The average molecular weight is 530 g/mol. The molecule has 7 nitrogen and oxygen atoms in total. The molecule has 30 heavy (non-hydrogen) atoms. The number of aliphatic imine (C=N–C) groups is 1. The summed E-state index contributed by atoms with van der Waals surface area (Å²) in [5.74, 6) is 3.25. The summed E-state index contributed by atoms with van der Waals surface area (Å²) in [6.07, 6.45) is 3.60. The second-order valence-corrected chi connectivity index (χ2v) is 6.65. The monoisotopic (exact) mass is 530 g/mol. The molecule has 0 spiro atoms. The summed E-state index contributed by atoms with van der Waals surface area (Å²) in [5, 5.41) is 10.9. The summed E-state index contributed by atoms with van der Waals surface area (Å²) >= 11 is 0. The summed E-state index contributed by atoms with van der Waals surface area (Å²) in [5.41, 5.74) is 3.32. The number of rotatable bonds is 11.